The molecule has 1 aliphatic carbocycles. The van der Waals surface area contributed by atoms with Crippen LogP contribution in [0.5, 0.6) is 0 Å². The van der Waals surface area contributed by atoms with E-state index in [9.17, 15) is 26.3 Å². The number of hydrogen-bond donors (Lipinski definition) is 2. The second-order valence-electron chi connectivity index (χ2n) is 8.40. The first kappa shape index (κ1) is 24.0. The zero-order chi connectivity index (χ0) is 23.9. The molecule has 0 amide bonds. The molecule has 2 heterocycles. The maximum Gasteiger partial charge on any atom is 0.421 e. The van der Waals surface area contributed by atoms with Crippen molar-refractivity contribution in [1.82, 2.24) is 15.0 Å². The Morgan fingerprint density at radius 1 is 1.06 bits per heavy atom. The quantitative estimate of drug-likeness (QED) is 0.579. The minimum absolute atomic E-state index is 0.186. The van der Waals surface area contributed by atoms with Crippen LogP contribution in [0.2, 0.25) is 0 Å². The predicted octanol–water partition coefficient (Wildman–Crippen LogP) is 5.14. The Balaban J connectivity index is 1.85. The van der Waals surface area contributed by atoms with E-state index in [2.05, 4.69) is 25.6 Å². The van der Waals surface area contributed by atoms with Crippen LogP contribution in [0.15, 0.2) is 24.7 Å². The normalized spacial score (nSPS) is 22.9. The van der Waals surface area contributed by atoms with Gasteiger partial charge in [-0.3, -0.25) is 4.98 Å². The number of pyridine rings is 1. The lowest BCUT2D eigenvalue weighted by atomic mass is 9.56. The lowest BCUT2D eigenvalue weighted by Gasteiger charge is -2.59. The van der Waals surface area contributed by atoms with E-state index in [4.69, 9.17) is 4.74 Å². The summed E-state index contributed by atoms with van der Waals surface area (Å²) in [6, 6.07) is 0.453. The Bertz CT molecular complexity index is 978. The molecule has 2 atom stereocenters. The van der Waals surface area contributed by atoms with Gasteiger partial charge < -0.3 is 15.4 Å². The van der Waals surface area contributed by atoms with Crippen molar-refractivity contribution in [1.29, 1.82) is 0 Å². The van der Waals surface area contributed by atoms with Gasteiger partial charge in [-0.05, 0) is 19.4 Å². The molecule has 6 nitrogen and oxygen atoms in total. The van der Waals surface area contributed by atoms with Crippen molar-refractivity contribution >= 4 is 11.8 Å². The third-order valence-electron chi connectivity index (χ3n) is 6.33. The van der Waals surface area contributed by atoms with E-state index in [0.717, 1.165) is 18.5 Å². The molecule has 0 spiro atoms. The van der Waals surface area contributed by atoms with Gasteiger partial charge in [0.05, 0.1) is 11.2 Å². The molecule has 12 heteroatoms. The van der Waals surface area contributed by atoms with Crippen LogP contribution < -0.4 is 10.6 Å². The molecule has 0 aromatic carbocycles. The number of nitrogens with zero attached hydrogens (tertiary/aromatic N) is 3. The van der Waals surface area contributed by atoms with Gasteiger partial charge in [0.2, 0.25) is 5.95 Å². The number of ether oxygens (including phenoxy) is 1. The Morgan fingerprint density at radius 3 is 2.28 bits per heavy atom. The highest BCUT2D eigenvalue weighted by Gasteiger charge is 2.58. The van der Waals surface area contributed by atoms with E-state index in [0.29, 0.717) is 12.6 Å². The molecule has 0 saturated heterocycles. The highest BCUT2D eigenvalue weighted by atomic mass is 19.4. The van der Waals surface area contributed by atoms with Gasteiger partial charge in [0.15, 0.2) is 0 Å². The van der Waals surface area contributed by atoms with Crippen molar-refractivity contribution in [3.8, 4) is 0 Å². The molecule has 3 rings (SSSR count). The second kappa shape index (κ2) is 8.05. The van der Waals surface area contributed by atoms with Gasteiger partial charge in [0, 0.05) is 49.3 Å². The highest BCUT2D eigenvalue weighted by molar-refractivity contribution is 5.51. The summed E-state index contributed by atoms with van der Waals surface area (Å²) in [5.74, 6) is -0.697. The van der Waals surface area contributed by atoms with E-state index >= 15 is 0 Å². The predicted molar refractivity (Wildman–Crippen MR) is 105 cm³/mol. The number of alkyl halides is 6. The molecule has 1 saturated carbocycles. The zero-order valence-electron chi connectivity index (χ0n) is 17.8. The monoisotopic (exact) mass is 463 g/mol. The number of hydrogen-bond acceptors (Lipinski definition) is 6. The van der Waals surface area contributed by atoms with Crippen molar-refractivity contribution < 1.29 is 31.1 Å². The summed E-state index contributed by atoms with van der Waals surface area (Å²) < 4.78 is 85.4. The van der Waals surface area contributed by atoms with Crippen LogP contribution in [0.1, 0.15) is 43.9 Å². The van der Waals surface area contributed by atoms with Gasteiger partial charge in [-0.15, -0.1) is 0 Å². The largest absolute Gasteiger partial charge is 0.421 e. The Kier molecular flexibility index (Phi) is 6.05. The van der Waals surface area contributed by atoms with Gasteiger partial charge in [-0.25, -0.2) is 4.98 Å². The molecular formula is C20H23F6N5O. The van der Waals surface area contributed by atoms with Gasteiger partial charge in [-0.1, -0.05) is 13.8 Å². The number of nitrogens with one attached hydrogen (secondary N) is 2. The van der Waals surface area contributed by atoms with Crippen LogP contribution >= 0.6 is 0 Å². The fraction of sp³-hybridized carbons (Fsp3) is 0.550. The molecule has 176 valence electrons. The first-order valence-electron chi connectivity index (χ1n) is 9.69. The van der Waals surface area contributed by atoms with E-state index in [1.807, 2.05) is 20.8 Å². The van der Waals surface area contributed by atoms with Crippen molar-refractivity contribution in [2.75, 3.05) is 17.7 Å². The average Bonchev–Trinajstić information content (AvgIpc) is 2.70. The molecule has 2 unspecified atom stereocenters. The number of aromatic nitrogens is 3. The minimum atomic E-state index is -4.72. The molecule has 2 N–H and O–H groups in total. The number of anilines is 2. The molecule has 1 fully saturated rings. The van der Waals surface area contributed by atoms with Gasteiger partial charge >= 0.3 is 12.4 Å². The van der Waals surface area contributed by atoms with Crippen molar-refractivity contribution in [3.63, 3.8) is 0 Å². The molecule has 2 aromatic rings. The van der Waals surface area contributed by atoms with E-state index in [-0.39, 0.29) is 24.1 Å². The average molecular weight is 463 g/mol. The third-order valence-corrected chi connectivity index (χ3v) is 6.33. The Hall–Kier alpha value is -2.63. The Morgan fingerprint density at radius 2 is 1.72 bits per heavy atom. The van der Waals surface area contributed by atoms with Crippen LogP contribution in [0, 0.1) is 5.41 Å². The smallest absolute Gasteiger partial charge is 0.378 e. The molecule has 1 aliphatic rings. The summed E-state index contributed by atoms with van der Waals surface area (Å²) in [5, 5.41) is 5.38. The maximum atomic E-state index is 13.5. The summed E-state index contributed by atoms with van der Waals surface area (Å²) in [5.41, 5.74) is -3.18. The fourth-order valence-corrected chi connectivity index (χ4v) is 3.69. The van der Waals surface area contributed by atoms with Gasteiger partial charge in [0.1, 0.15) is 11.4 Å². The van der Waals surface area contributed by atoms with Crippen molar-refractivity contribution in [3.05, 3.63) is 41.3 Å². The van der Waals surface area contributed by atoms with Crippen LogP contribution in [0.3, 0.4) is 0 Å². The molecule has 2 aromatic heterocycles. The number of halogens is 6. The summed E-state index contributed by atoms with van der Waals surface area (Å²) in [6.07, 6.45) is -6.22. The van der Waals surface area contributed by atoms with Crippen LogP contribution in [-0.4, -0.2) is 33.7 Å². The first-order chi connectivity index (χ1) is 14.7. The summed E-state index contributed by atoms with van der Waals surface area (Å²) in [6.45, 7) is 5.23. The molecule has 0 aliphatic heterocycles. The lowest BCUT2D eigenvalue weighted by molar-refractivity contribution is -0.166. The molecule has 32 heavy (non-hydrogen) atoms. The molecular weight excluding hydrogens is 440 g/mol. The summed E-state index contributed by atoms with van der Waals surface area (Å²) in [7, 11) is 1.54. The van der Waals surface area contributed by atoms with Crippen molar-refractivity contribution in [2.45, 2.75) is 57.7 Å². The van der Waals surface area contributed by atoms with Crippen LogP contribution in [0.4, 0.5) is 38.1 Å². The topological polar surface area (TPSA) is 72.0 Å². The summed E-state index contributed by atoms with van der Waals surface area (Å²) >= 11 is 0. The van der Waals surface area contributed by atoms with Crippen LogP contribution in [-0.2, 0) is 23.6 Å². The zero-order valence-corrected chi connectivity index (χ0v) is 17.8. The first-order valence-corrected chi connectivity index (χ1v) is 9.69. The second-order valence-corrected chi connectivity index (χ2v) is 8.40. The standard InChI is InChI=1S/C20H23F6N5O/c1-17(2)14(7-18(17,3)32-4)30-15-13(20(24,25)26)10-29-16(31-15)28-9-11-8-27-6-5-12(11)19(21,22)23/h5-6,8,10,14H,7,9H2,1-4H3,(H2,28,29,30,31). The molecule has 0 bridgehead atoms. The van der Waals surface area contributed by atoms with E-state index < -0.39 is 40.3 Å². The SMILES string of the molecule is COC1(C)CC(Nc2nc(NCc3cnccc3C(F)(F)F)ncc2C(F)(F)F)C1(C)C. The highest BCUT2D eigenvalue weighted by Crippen LogP contribution is 2.53. The fourth-order valence-electron chi connectivity index (χ4n) is 3.69. The number of methoxy groups -OCH3 is 1. The van der Waals surface area contributed by atoms with E-state index in [1.54, 1.807) is 7.11 Å². The maximum absolute atomic E-state index is 13.5. The molecule has 0 radical (unpaired) electrons. The number of rotatable bonds is 6. The van der Waals surface area contributed by atoms with Crippen LogP contribution in [0.25, 0.3) is 0 Å². The van der Waals surface area contributed by atoms with Gasteiger partial charge in [0.25, 0.3) is 0 Å². The summed E-state index contributed by atoms with van der Waals surface area (Å²) in [4.78, 5) is 11.2. The van der Waals surface area contributed by atoms with Crippen molar-refractivity contribution in [2.24, 2.45) is 5.41 Å². The minimum Gasteiger partial charge on any atom is -0.378 e. The van der Waals surface area contributed by atoms with Gasteiger partial charge in [-0.2, -0.15) is 31.3 Å². The lowest BCUT2D eigenvalue weighted by Crippen LogP contribution is -2.65. The van der Waals surface area contributed by atoms with E-state index in [1.165, 1.54) is 0 Å². The third kappa shape index (κ3) is 4.45. The Labute approximate surface area is 180 Å².